The molecule has 0 aliphatic heterocycles. The number of rotatable bonds is 7. The highest BCUT2D eigenvalue weighted by Crippen LogP contribution is 2.16. The lowest BCUT2D eigenvalue weighted by molar-refractivity contribution is 0.0895. The molecule has 1 unspecified atom stereocenters. The van der Waals surface area contributed by atoms with Gasteiger partial charge in [-0.3, -0.25) is 4.79 Å². The molecule has 0 radical (unpaired) electrons. The molecule has 0 spiro atoms. The molecule has 6 heteroatoms. The van der Waals surface area contributed by atoms with E-state index in [4.69, 9.17) is 9.15 Å². The van der Waals surface area contributed by atoms with E-state index >= 15 is 0 Å². The molecule has 2 heterocycles. The van der Waals surface area contributed by atoms with Crippen molar-refractivity contribution in [2.45, 2.75) is 20.0 Å². The number of aromatic nitrogens is 1. The van der Waals surface area contributed by atoms with Crippen molar-refractivity contribution in [3.63, 3.8) is 0 Å². The maximum Gasteiger partial charge on any atom is 0.256 e. The van der Waals surface area contributed by atoms with E-state index < -0.39 is 6.10 Å². The highest BCUT2D eigenvalue weighted by Gasteiger charge is 2.16. The summed E-state index contributed by atoms with van der Waals surface area (Å²) in [6.45, 7) is 4.56. The van der Waals surface area contributed by atoms with Crippen molar-refractivity contribution in [2.75, 3.05) is 13.2 Å². The summed E-state index contributed by atoms with van der Waals surface area (Å²) in [6.07, 6.45) is 2.15. The zero-order chi connectivity index (χ0) is 15.9. The van der Waals surface area contributed by atoms with Crippen molar-refractivity contribution in [3.05, 3.63) is 48.0 Å². The molecule has 0 bridgehead atoms. The monoisotopic (exact) mass is 304 g/mol. The summed E-state index contributed by atoms with van der Waals surface area (Å²) in [7, 11) is 0. The van der Waals surface area contributed by atoms with E-state index in [0.717, 1.165) is 0 Å². The Labute approximate surface area is 129 Å². The number of hydrogen-bond donors (Lipinski definition) is 2. The van der Waals surface area contributed by atoms with Gasteiger partial charge in [0.2, 0.25) is 5.88 Å². The molecular weight excluding hydrogens is 284 g/mol. The molecule has 2 aromatic rings. The van der Waals surface area contributed by atoms with Crippen molar-refractivity contribution in [3.8, 4) is 5.88 Å². The third kappa shape index (κ3) is 4.33. The molecule has 2 aromatic heterocycles. The average Bonchev–Trinajstić information content (AvgIpc) is 3.05. The Morgan fingerprint density at radius 3 is 2.91 bits per heavy atom. The lowest BCUT2D eigenvalue weighted by Crippen LogP contribution is -2.29. The van der Waals surface area contributed by atoms with Gasteiger partial charge in [0.15, 0.2) is 0 Å². The number of nitrogens with zero attached hydrogens (tertiary/aromatic N) is 1. The predicted molar refractivity (Wildman–Crippen MR) is 80.6 cm³/mol. The van der Waals surface area contributed by atoms with Crippen LogP contribution in [0.25, 0.3) is 0 Å². The second-order valence-corrected chi connectivity index (χ2v) is 5.30. The standard InChI is InChI=1S/C16H20N2O4/c1-11(2)10-22-16-12(5-3-7-17-16)15(20)18-9-13(19)14-6-4-8-21-14/h3-8,11,13,19H,9-10H2,1-2H3,(H,18,20). The van der Waals surface area contributed by atoms with Gasteiger partial charge in [0.05, 0.1) is 19.4 Å². The first-order chi connectivity index (χ1) is 10.6. The second kappa shape index (κ2) is 7.61. The zero-order valence-corrected chi connectivity index (χ0v) is 12.7. The quantitative estimate of drug-likeness (QED) is 0.819. The second-order valence-electron chi connectivity index (χ2n) is 5.30. The number of nitrogens with one attached hydrogen (secondary N) is 1. The van der Waals surface area contributed by atoms with Gasteiger partial charge in [0, 0.05) is 6.20 Å². The fourth-order valence-corrected chi connectivity index (χ4v) is 1.79. The summed E-state index contributed by atoms with van der Waals surface area (Å²) in [5.41, 5.74) is 0.342. The third-order valence-corrected chi connectivity index (χ3v) is 2.90. The lowest BCUT2D eigenvalue weighted by Gasteiger charge is -2.13. The Kier molecular flexibility index (Phi) is 5.55. The first-order valence-electron chi connectivity index (χ1n) is 7.15. The summed E-state index contributed by atoms with van der Waals surface area (Å²) in [4.78, 5) is 16.3. The van der Waals surface area contributed by atoms with Gasteiger partial charge in [-0.05, 0) is 30.2 Å². The van der Waals surface area contributed by atoms with Crippen LogP contribution in [0.3, 0.4) is 0 Å². The predicted octanol–water partition coefficient (Wildman–Crippen LogP) is 2.17. The van der Waals surface area contributed by atoms with Crippen molar-refractivity contribution < 1.29 is 19.1 Å². The molecule has 22 heavy (non-hydrogen) atoms. The van der Waals surface area contributed by atoms with Crippen molar-refractivity contribution >= 4 is 5.91 Å². The van der Waals surface area contributed by atoms with E-state index in [1.807, 2.05) is 13.8 Å². The summed E-state index contributed by atoms with van der Waals surface area (Å²) >= 11 is 0. The summed E-state index contributed by atoms with van der Waals surface area (Å²) in [5.74, 6) is 0.681. The van der Waals surface area contributed by atoms with Gasteiger partial charge in [-0.25, -0.2) is 4.98 Å². The minimum absolute atomic E-state index is 0.0465. The van der Waals surface area contributed by atoms with Crippen LogP contribution in [0.2, 0.25) is 0 Å². The van der Waals surface area contributed by atoms with E-state index in [9.17, 15) is 9.90 Å². The van der Waals surface area contributed by atoms with Gasteiger partial charge >= 0.3 is 0 Å². The fourth-order valence-electron chi connectivity index (χ4n) is 1.79. The maximum absolute atomic E-state index is 12.2. The molecule has 0 aromatic carbocycles. The van der Waals surface area contributed by atoms with Gasteiger partial charge < -0.3 is 19.6 Å². The minimum atomic E-state index is -0.893. The molecule has 1 amide bonds. The van der Waals surface area contributed by atoms with Crippen molar-refractivity contribution in [2.24, 2.45) is 5.92 Å². The number of carbonyl (C=O) groups is 1. The van der Waals surface area contributed by atoms with E-state index in [-0.39, 0.29) is 12.5 Å². The van der Waals surface area contributed by atoms with Crippen molar-refractivity contribution in [1.82, 2.24) is 10.3 Å². The average molecular weight is 304 g/mol. The van der Waals surface area contributed by atoms with Crippen LogP contribution in [0.5, 0.6) is 5.88 Å². The van der Waals surface area contributed by atoms with Crippen LogP contribution in [0, 0.1) is 5.92 Å². The highest BCUT2D eigenvalue weighted by atomic mass is 16.5. The van der Waals surface area contributed by atoms with Crippen LogP contribution in [0.4, 0.5) is 0 Å². The molecule has 2 rings (SSSR count). The number of pyridine rings is 1. The van der Waals surface area contributed by atoms with E-state index in [1.54, 1.807) is 30.5 Å². The molecule has 0 fully saturated rings. The van der Waals surface area contributed by atoms with Gasteiger partial charge in [-0.1, -0.05) is 13.8 Å². The Morgan fingerprint density at radius 2 is 2.23 bits per heavy atom. The normalized spacial score (nSPS) is 12.2. The van der Waals surface area contributed by atoms with E-state index in [0.29, 0.717) is 29.7 Å². The Balaban J connectivity index is 1.97. The first-order valence-corrected chi connectivity index (χ1v) is 7.15. The van der Waals surface area contributed by atoms with Crippen molar-refractivity contribution in [1.29, 1.82) is 0 Å². The van der Waals surface area contributed by atoms with Crippen LogP contribution in [0.1, 0.15) is 36.1 Å². The maximum atomic E-state index is 12.2. The van der Waals surface area contributed by atoms with E-state index in [1.165, 1.54) is 6.26 Å². The summed E-state index contributed by atoms with van der Waals surface area (Å²) in [6, 6.07) is 6.63. The van der Waals surface area contributed by atoms with Crippen LogP contribution < -0.4 is 10.1 Å². The summed E-state index contributed by atoms with van der Waals surface area (Å²) in [5, 5.41) is 12.5. The van der Waals surface area contributed by atoms with E-state index in [2.05, 4.69) is 10.3 Å². The molecule has 0 saturated heterocycles. The zero-order valence-electron chi connectivity index (χ0n) is 12.7. The highest BCUT2D eigenvalue weighted by molar-refractivity contribution is 5.96. The molecule has 0 saturated carbocycles. The molecule has 118 valence electrons. The van der Waals surface area contributed by atoms with Crippen LogP contribution in [0.15, 0.2) is 41.1 Å². The van der Waals surface area contributed by atoms with Crippen LogP contribution in [-0.2, 0) is 0 Å². The van der Waals surface area contributed by atoms with Crippen LogP contribution >= 0.6 is 0 Å². The number of amides is 1. The summed E-state index contributed by atoms with van der Waals surface area (Å²) < 4.78 is 10.6. The molecular formula is C16H20N2O4. The van der Waals surface area contributed by atoms with Crippen LogP contribution in [-0.4, -0.2) is 29.1 Å². The smallest absolute Gasteiger partial charge is 0.256 e. The number of aliphatic hydroxyl groups is 1. The largest absolute Gasteiger partial charge is 0.477 e. The van der Waals surface area contributed by atoms with Gasteiger partial charge in [-0.15, -0.1) is 0 Å². The number of hydrogen-bond acceptors (Lipinski definition) is 5. The Bertz CT molecular complexity index is 596. The fraction of sp³-hybridized carbons (Fsp3) is 0.375. The Morgan fingerprint density at radius 1 is 1.41 bits per heavy atom. The number of ether oxygens (including phenoxy) is 1. The van der Waals surface area contributed by atoms with Gasteiger partial charge in [-0.2, -0.15) is 0 Å². The van der Waals surface area contributed by atoms with Gasteiger partial charge in [0.25, 0.3) is 5.91 Å². The van der Waals surface area contributed by atoms with Gasteiger partial charge in [0.1, 0.15) is 17.4 Å². The SMILES string of the molecule is CC(C)COc1ncccc1C(=O)NCC(O)c1ccco1. The number of carbonyl (C=O) groups excluding carboxylic acids is 1. The lowest BCUT2D eigenvalue weighted by atomic mass is 10.2. The number of furan rings is 1. The molecule has 0 aliphatic rings. The topological polar surface area (TPSA) is 84.6 Å². The molecule has 6 nitrogen and oxygen atoms in total. The number of aliphatic hydroxyl groups excluding tert-OH is 1. The minimum Gasteiger partial charge on any atom is -0.477 e. The molecule has 1 atom stereocenters. The third-order valence-electron chi connectivity index (χ3n) is 2.90. The molecule has 0 aliphatic carbocycles. The Hall–Kier alpha value is -2.34. The molecule has 2 N–H and O–H groups in total. The first kappa shape index (κ1) is 16.0.